The lowest BCUT2D eigenvalue weighted by Crippen LogP contribution is -2.44. The molecule has 4 aromatic rings. The van der Waals surface area contributed by atoms with Crippen LogP contribution < -0.4 is 25.4 Å². The lowest BCUT2D eigenvalue weighted by molar-refractivity contribution is -0.137. The van der Waals surface area contributed by atoms with Crippen molar-refractivity contribution in [1.29, 1.82) is 0 Å². The van der Waals surface area contributed by atoms with Crippen molar-refractivity contribution in [2.24, 2.45) is 0 Å². The standard InChI is InChI=1S/C26H24F3N3O2.C25H24N2O4/c1-15-16(2)24(33)22(17-4-7-19(8-5-17)32-12-10-31(3)11-13-32)25-23(15)30-20-9-6-18(26(27,28)29)14-21(20)34-25;1-15-16(2)24(28)22(25-23(15)26-19-6-4-5-7-20(19)31-25)18-9-8-17(14-21(18)29-3)27-10-12-30-13-11-27/h4-9,14H,10-13H2,1-3H3;4-9,14H,10-13H2,1-3H3. The Morgan fingerprint density at radius 2 is 1.18 bits per heavy atom. The number of morpholine rings is 1. The number of benzene rings is 6. The molecule has 0 amide bonds. The normalized spacial score (nSPS) is 14.9. The number of nitrogens with zero attached hydrogens (tertiary/aromatic N) is 5. The SMILES string of the molecule is COc1cc(N2CCOCC2)ccc1-c1c2oc3ccccc3nc-2c(C)c(C)c1=O.Cc1c2nc3ccc(C(F)(F)F)cc3oc-2c(-c2ccc(N3CCN(C)CC3)cc2)c(=O)c1C. The smallest absolute Gasteiger partial charge is 0.416 e. The van der Waals surface area contributed by atoms with E-state index in [-0.39, 0.29) is 22.2 Å². The number of para-hydroxylation sites is 2. The summed E-state index contributed by atoms with van der Waals surface area (Å²) in [5, 5.41) is 0. The fourth-order valence-corrected chi connectivity index (χ4v) is 8.60. The number of hydrogen-bond acceptors (Lipinski definition) is 11. The van der Waals surface area contributed by atoms with E-state index < -0.39 is 11.7 Å². The average Bonchev–Trinajstić information content (AvgIpc) is 3.32. The van der Waals surface area contributed by atoms with Gasteiger partial charge in [-0.05, 0) is 106 Å². The molecule has 11 nitrogen and oxygen atoms in total. The fraction of sp³-hybridized carbons (Fsp3) is 0.294. The van der Waals surface area contributed by atoms with E-state index in [0.717, 1.165) is 73.9 Å². The Balaban J connectivity index is 0.000000165. The Morgan fingerprint density at radius 1 is 0.615 bits per heavy atom. The van der Waals surface area contributed by atoms with E-state index in [1.54, 1.807) is 21.0 Å². The molecule has 0 spiro atoms. The number of halogens is 3. The van der Waals surface area contributed by atoms with Gasteiger partial charge < -0.3 is 33.0 Å². The molecule has 0 bridgehead atoms. The molecule has 0 radical (unpaired) electrons. The highest BCUT2D eigenvalue weighted by molar-refractivity contribution is 5.89. The van der Waals surface area contributed by atoms with Crippen LogP contribution in [-0.4, -0.2) is 81.5 Å². The summed E-state index contributed by atoms with van der Waals surface area (Å²) in [6.45, 7) is 14.1. The second kappa shape index (κ2) is 17.3. The number of aromatic nitrogens is 2. The predicted octanol–water partition coefficient (Wildman–Crippen LogP) is 9.77. The molecule has 10 rings (SSSR count). The van der Waals surface area contributed by atoms with Gasteiger partial charge in [0.1, 0.15) is 28.2 Å². The van der Waals surface area contributed by atoms with Crippen LogP contribution in [0.4, 0.5) is 24.5 Å². The van der Waals surface area contributed by atoms with Gasteiger partial charge in [-0.2, -0.15) is 13.2 Å². The van der Waals surface area contributed by atoms with Crippen molar-refractivity contribution in [3.63, 3.8) is 0 Å². The summed E-state index contributed by atoms with van der Waals surface area (Å²) in [5.74, 6) is 1.32. The van der Waals surface area contributed by atoms with Crippen molar-refractivity contribution >= 4 is 33.6 Å². The third-order valence-electron chi connectivity index (χ3n) is 12.8. The Hall–Kier alpha value is -6.77. The summed E-state index contributed by atoms with van der Waals surface area (Å²) < 4.78 is 63.2. The number of hydrogen-bond donors (Lipinski definition) is 0. The topological polar surface area (TPSA) is 114 Å². The second-order valence-electron chi connectivity index (χ2n) is 16.7. The first-order chi connectivity index (χ1) is 31.2. The molecule has 2 aliphatic carbocycles. The maximum Gasteiger partial charge on any atom is 0.416 e. The third-order valence-corrected chi connectivity index (χ3v) is 12.8. The molecule has 334 valence electrons. The molecule has 4 aromatic carbocycles. The maximum absolute atomic E-state index is 13.4. The minimum atomic E-state index is -4.51. The molecule has 4 aliphatic heterocycles. The lowest BCUT2D eigenvalue weighted by atomic mass is 9.93. The van der Waals surface area contributed by atoms with Gasteiger partial charge in [0.05, 0.1) is 37.0 Å². The maximum atomic E-state index is 13.4. The Morgan fingerprint density at radius 3 is 1.83 bits per heavy atom. The van der Waals surface area contributed by atoms with Crippen LogP contribution in [0.3, 0.4) is 0 Å². The number of fused-ring (bicyclic) bond motifs is 4. The zero-order valence-corrected chi connectivity index (χ0v) is 37.1. The van der Waals surface area contributed by atoms with Crippen LogP contribution in [0, 0.1) is 27.7 Å². The fourth-order valence-electron chi connectivity index (χ4n) is 8.60. The van der Waals surface area contributed by atoms with E-state index in [9.17, 15) is 22.8 Å². The second-order valence-corrected chi connectivity index (χ2v) is 16.7. The monoisotopic (exact) mass is 883 g/mol. The average molecular weight is 884 g/mol. The van der Waals surface area contributed by atoms with Gasteiger partial charge in [-0.15, -0.1) is 0 Å². The number of likely N-dealkylation sites (N-methyl/N-ethyl adjacent to an activating group) is 1. The highest BCUT2D eigenvalue weighted by Crippen LogP contribution is 2.42. The molecule has 4 heterocycles. The number of alkyl halides is 3. The molecule has 6 aliphatic rings. The summed E-state index contributed by atoms with van der Waals surface area (Å²) in [5.41, 5.74) is 8.72. The summed E-state index contributed by atoms with van der Waals surface area (Å²) >= 11 is 0. The first kappa shape index (κ1) is 43.5. The number of anilines is 2. The van der Waals surface area contributed by atoms with E-state index >= 15 is 0 Å². The number of methoxy groups -OCH3 is 1. The van der Waals surface area contributed by atoms with Crippen molar-refractivity contribution in [1.82, 2.24) is 14.9 Å². The first-order valence-corrected chi connectivity index (χ1v) is 21.5. The highest BCUT2D eigenvalue weighted by Gasteiger charge is 2.32. The van der Waals surface area contributed by atoms with Crippen LogP contribution in [0.15, 0.2) is 103 Å². The van der Waals surface area contributed by atoms with Gasteiger partial charge in [-0.3, -0.25) is 9.59 Å². The molecule has 0 N–H and O–H groups in total. The minimum absolute atomic E-state index is 0.0136. The van der Waals surface area contributed by atoms with Gasteiger partial charge in [0.25, 0.3) is 0 Å². The van der Waals surface area contributed by atoms with Gasteiger partial charge in [0.15, 0.2) is 33.5 Å². The van der Waals surface area contributed by atoms with Crippen molar-refractivity contribution in [3.8, 4) is 50.9 Å². The molecule has 0 atom stereocenters. The van der Waals surface area contributed by atoms with Gasteiger partial charge in [0, 0.05) is 73.4 Å². The first-order valence-electron chi connectivity index (χ1n) is 21.5. The van der Waals surface area contributed by atoms with Crippen molar-refractivity contribution in [3.05, 3.63) is 133 Å². The van der Waals surface area contributed by atoms with Crippen molar-refractivity contribution < 1.29 is 31.5 Å². The molecule has 0 saturated carbocycles. The molecular weight excluding hydrogens is 836 g/mol. The van der Waals surface area contributed by atoms with E-state index in [0.29, 0.717) is 86.2 Å². The van der Waals surface area contributed by atoms with Gasteiger partial charge in [-0.25, -0.2) is 9.97 Å². The van der Waals surface area contributed by atoms with Gasteiger partial charge in [-0.1, -0.05) is 24.3 Å². The van der Waals surface area contributed by atoms with Crippen LogP contribution in [-0.2, 0) is 10.9 Å². The van der Waals surface area contributed by atoms with E-state index in [2.05, 4.69) is 26.7 Å². The molecule has 2 saturated heterocycles. The van der Waals surface area contributed by atoms with Crippen LogP contribution in [0.25, 0.3) is 67.4 Å². The summed E-state index contributed by atoms with van der Waals surface area (Å²) in [7, 11) is 3.72. The third kappa shape index (κ3) is 8.16. The zero-order chi connectivity index (χ0) is 45.7. The number of piperazine rings is 1. The largest absolute Gasteiger partial charge is 0.496 e. The van der Waals surface area contributed by atoms with Crippen LogP contribution in [0.5, 0.6) is 5.75 Å². The van der Waals surface area contributed by atoms with Crippen LogP contribution >= 0.6 is 0 Å². The van der Waals surface area contributed by atoms with Crippen LogP contribution in [0.1, 0.15) is 27.8 Å². The Kier molecular flexibility index (Phi) is 11.6. The van der Waals surface area contributed by atoms with E-state index in [1.165, 1.54) is 6.07 Å². The van der Waals surface area contributed by atoms with Gasteiger partial charge >= 0.3 is 6.18 Å². The lowest BCUT2D eigenvalue weighted by Gasteiger charge is -2.34. The predicted molar refractivity (Wildman–Crippen MR) is 248 cm³/mol. The van der Waals surface area contributed by atoms with Crippen LogP contribution in [0.2, 0.25) is 0 Å². The Labute approximate surface area is 373 Å². The molecule has 0 aromatic heterocycles. The summed E-state index contributed by atoms with van der Waals surface area (Å²) in [4.78, 5) is 42.9. The van der Waals surface area contributed by atoms with Crippen molar-refractivity contribution in [2.75, 3.05) is 76.4 Å². The molecular formula is C51H48F3N5O6. The molecule has 0 unspecified atom stereocenters. The zero-order valence-electron chi connectivity index (χ0n) is 37.1. The quantitative estimate of drug-likeness (QED) is 0.154. The minimum Gasteiger partial charge on any atom is -0.496 e. The Bertz CT molecular complexity index is 3130. The number of rotatable bonds is 5. The molecule has 65 heavy (non-hydrogen) atoms. The molecule has 2 fully saturated rings. The van der Waals surface area contributed by atoms with E-state index in [1.807, 2.05) is 80.6 Å². The summed E-state index contributed by atoms with van der Waals surface area (Å²) in [6.07, 6.45) is -4.51. The summed E-state index contributed by atoms with van der Waals surface area (Å²) in [6, 6.07) is 24.4. The van der Waals surface area contributed by atoms with Crippen molar-refractivity contribution in [2.45, 2.75) is 33.9 Å². The van der Waals surface area contributed by atoms with E-state index in [4.69, 9.17) is 23.3 Å². The number of ether oxygens (including phenoxy) is 2. The molecule has 14 heteroatoms. The van der Waals surface area contributed by atoms with Gasteiger partial charge in [0.2, 0.25) is 0 Å². The highest BCUT2D eigenvalue weighted by atomic mass is 19.4.